The van der Waals surface area contributed by atoms with Crippen molar-refractivity contribution in [2.45, 2.75) is 51.4 Å². The zero-order valence-corrected chi connectivity index (χ0v) is 15.5. The number of Topliss-reactive ketones (excluding diaryl/α,β-unsaturated/α-hetero) is 1. The zero-order chi connectivity index (χ0) is 17.7. The molecule has 2 aliphatic rings. The van der Waals surface area contributed by atoms with Crippen LogP contribution in [0.1, 0.15) is 50.9 Å². The molecule has 132 valence electrons. The minimum Gasteiger partial charge on any atom is -0.291 e. The van der Waals surface area contributed by atoms with E-state index in [0.29, 0.717) is 29.7 Å². The lowest BCUT2D eigenvalue weighted by Gasteiger charge is -2.33. The van der Waals surface area contributed by atoms with Crippen LogP contribution in [-0.2, 0) is 14.3 Å². The van der Waals surface area contributed by atoms with E-state index in [4.69, 9.17) is 4.18 Å². The predicted molar refractivity (Wildman–Crippen MR) is 93.2 cm³/mol. The lowest BCUT2D eigenvalue weighted by Crippen LogP contribution is -2.43. The molecule has 0 N–H and O–H groups in total. The number of hydrogen-bond acceptors (Lipinski definition) is 4. The Balaban J connectivity index is 1.78. The molecule has 1 aromatic carbocycles. The molecule has 1 aromatic rings. The molecule has 0 radical (unpaired) electrons. The van der Waals surface area contributed by atoms with E-state index in [0.717, 1.165) is 6.42 Å². The Labute approximate surface area is 144 Å². The molecule has 0 aliphatic heterocycles. The highest BCUT2D eigenvalue weighted by Crippen LogP contribution is 2.54. The number of fused-ring (bicyclic) bond motifs is 2. The third-order valence-electron chi connectivity index (χ3n) is 6.11. The Morgan fingerprint density at radius 3 is 2.25 bits per heavy atom. The van der Waals surface area contributed by atoms with E-state index >= 15 is 0 Å². The topological polar surface area (TPSA) is 60.4 Å². The summed E-state index contributed by atoms with van der Waals surface area (Å²) in [7, 11) is -3.78. The lowest BCUT2D eigenvalue weighted by atomic mass is 9.81. The van der Waals surface area contributed by atoms with Crippen LogP contribution in [-0.4, -0.2) is 25.1 Å². The van der Waals surface area contributed by atoms with Crippen LogP contribution in [0.2, 0.25) is 0 Å². The van der Waals surface area contributed by atoms with Crippen LogP contribution in [0.3, 0.4) is 0 Å². The van der Waals surface area contributed by atoms with Crippen molar-refractivity contribution < 1.29 is 17.4 Å². The number of benzene rings is 1. The standard InChI is InChI=1S/C19H26O4S/c1-12-13(2)16-10-15(12)11-17(16)24(21,22)23-19(3,4)18(20)14-8-6-5-7-9-14/h5-9,12-13,15-17H,10-11H2,1-4H3. The van der Waals surface area contributed by atoms with Crippen LogP contribution >= 0.6 is 0 Å². The van der Waals surface area contributed by atoms with E-state index in [1.807, 2.05) is 6.07 Å². The number of rotatable bonds is 5. The highest BCUT2D eigenvalue weighted by Gasteiger charge is 2.54. The van der Waals surface area contributed by atoms with E-state index in [9.17, 15) is 13.2 Å². The van der Waals surface area contributed by atoms with Gasteiger partial charge in [-0.3, -0.25) is 8.98 Å². The Kier molecular flexibility index (Phi) is 4.37. The first-order valence-electron chi connectivity index (χ1n) is 8.68. The van der Waals surface area contributed by atoms with Crippen molar-refractivity contribution in [2.24, 2.45) is 23.7 Å². The Bertz CT molecular complexity index is 721. The Morgan fingerprint density at radius 2 is 1.71 bits per heavy atom. The third-order valence-corrected chi connectivity index (χ3v) is 8.05. The summed E-state index contributed by atoms with van der Waals surface area (Å²) in [6, 6.07) is 8.70. The molecule has 2 saturated carbocycles. The summed E-state index contributed by atoms with van der Waals surface area (Å²) in [5.74, 6) is 1.26. The summed E-state index contributed by atoms with van der Waals surface area (Å²) in [6.45, 7) is 7.43. The van der Waals surface area contributed by atoms with Gasteiger partial charge in [-0.1, -0.05) is 44.2 Å². The molecule has 0 aromatic heterocycles. The fourth-order valence-electron chi connectivity index (χ4n) is 4.53. The fourth-order valence-corrected chi connectivity index (χ4v) is 6.58. The van der Waals surface area contributed by atoms with Crippen LogP contribution in [0.15, 0.2) is 30.3 Å². The van der Waals surface area contributed by atoms with Gasteiger partial charge < -0.3 is 0 Å². The Hall–Kier alpha value is -1.20. The number of ketones is 1. The molecule has 2 aliphatic carbocycles. The number of carbonyl (C=O) groups is 1. The van der Waals surface area contributed by atoms with Crippen LogP contribution in [0.5, 0.6) is 0 Å². The van der Waals surface area contributed by atoms with Gasteiger partial charge in [-0.2, -0.15) is 8.42 Å². The maximum Gasteiger partial charge on any atom is 0.271 e. The highest BCUT2D eigenvalue weighted by molar-refractivity contribution is 7.87. The first kappa shape index (κ1) is 17.6. The molecule has 2 bridgehead atoms. The van der Waals surface area contributed by atoms with Crippen molar-refractivity contribution in [2.75, 3.05) is 0 Å². The van der Waals surface area contributed by atoms with E-state index in [1.54, 1.807) is 38.1 Å². The smallest absolute Gasteiger partial charge is 0.271 e. The minimum atomic E-state index is -3.78. The van der Waals surface area contributed by atoms with E-state index in [-0.39, 0.29) is 11.7 Å². The summed E-state index contributed by atoms with van der Waals surface area (Å²) in [6.07, 6.45) is 1.62. The summed E-state index contributed by atoms with van der Waals surface area (Å²) in [5, 5.41) is -0.475. The average molecular weight is 350 g/mol. The molecule has 0 spiro atoms. The van der Waals surface area contributed by atoms with Gasteiger partial charge in [0.05, 0.1) is 5.25 Å². The van der Waals surface area contributed by atoms with Gasteiger partial charge in [0.2, 0.25) is 0 Å². The van der Waals surface area contributed by atoms with Gasteiger partial charge in [0.15, 0.2) is 5.78 Å². The second-order valence-corrected chi connectivity index (χ2v) is 9.69. The molecule has 0 saturated heterocycles. The second kappa shape index (κ2) is 5.95. The number of carbonyl (C=O) groups excluding carboxylic acids is 1. The van der Waals surface area contributed by atoms with Crippen molar-refractivity contribution in [3.63, 3.8) is 0 Å². The highest BCUT2D eigenvalue weighted by atomic mass is 32.2. The first-order valence-corrected chi connectivity index (χ1v) is 10.1. The maximum absolute atomic E-state index is 12.9. The monoisotopic (exact) mass is 350 g/mol. The lowest BCUT2D eigenvalue weighted by molar-refractivity contribution is 0.0592. The zero-order valence-electron chi connectivity index (χ0n) is 14.7. The van der Waals surface area contributed by atoms with Gasteiger partial charge in [-0.25, -0.2) is 0 Å². The molecule has 0 heterocycles. The molecule has 5 unspecified atom stereocenters. The summed E-state index contributed by atoms with van der Waals surface area (Å²) in [5.41, 5.74) is -0.927. The largest absolute Gasteiger partial charge is 0.291 e. The number of hydrogen-bond donors (Lipinski definition) is 0. The third kappa shape index (κ3) is 2.93. The van der Waals surface area contributed by atoms with Gasteiger partial charge in [0.25, 0.3) is 10.1 Å². The Morgan fingerprint density at radius 1 is 1.08 bits per heavy atom. The molecule has 5 heteroatoms. The fraction of sp³-hybridized carbons (Fsp3) is 0.632. The first-order chi connectivity index (χ1) is 11.1. The van der Waals surface area contributed by atoms with Gasteiger partial charge in [0, 0.05) is 5.56 Å². The molecule has 2 fully saturated rings. The van der Waals surface area contributed by atoms with E-state index < -0.39 is 21.0 Å². The van der Waals surface area contributed by atoms with Crippen LogP contribution < -0.4 is 0 Å². The van der Waals surface area contributed by atoms with Crippen molar-refractivity contribution >= 4 is 15.9 Å². The second-order valence-electron chi connectivity index (χ2n) is 7.93. The van der Waals surface area contributed by atoms with Crippen LogP contribution in [0, 0.1) is 23.7 Å². The quantitative estimate of drug-likeness (QED) is 0.600. The van der Waals surface area contributed by atoms with Gasteiger partial charge in [-0.15, -0.1) is 0 Å². The summed E-state index contributed by atoms with van der Waals surface area (Å²) in [4.78, 5) is 12.6. The summed E-state index contributed by atoms with van der Waals surface area (Å²) >= 11 is 0. The molecular formula is C19H26O4S. The van der Waals surface area contributed by atoms with Crippen LogP contribution in [0.4, 0.5) is 0 Å². The van der Waals surface area contributed by atoms with Gasteiger partial charge in [-0.05, 0) is 50.4 Å². The minimum absolute atomic E-state index is 0.151. The molecule has 5 atom stereocenters. The maximum atomic E-state index is 12.9. The summed E-state index contributed by atoms with van der Waals surface area (Å²) < 4.78 is 31.2. The molecule has 0 amide bonds. The molecule has 3 rings (SSSR count). The van der Waals surface area contributed by atoms with Crippen molar-refractivity contribution in [1.29, 1.82) is 0 Å². The van der Waals surface area contributed by atoms with Crippen molar-refractivity contribution in [1.82, 2.24) is 0 Å². The normalized spacial score (nSPS) is 32.9. The van der Waals surface area contributed by atoms with E-state index in [2.05, 4.69) is 13.8 Å². The molecular weight excluding hydrogens is 324 g/mol. The SMILES string of the molecule is CC1C2CC(C1C)C(S(=O)(=O)OC(C)(C)C(=O)c1ccccc1)C2. The van der Waals surface area contributed by atoms with Gasteiger partial charge in [0.1, 0.15) is 5.60 Å². The average Bonchev–Trinajstić information content (AvgIpc) is 3.08. The predicted octanol–water partition coefficient (Wildman–Crippen LogP) is 3.67. The molecule has 24 heavy (non-hydrogen) atoms. The van der Waals surface area contributed by atoms with Gasteiger partial charge >= 0.3 is 0 Å². The van der Waals surface area contributed by atoms with Crippen molar-refractivity contribution in [3.8, 4) is 0 Å². The van der Waals surface area contributed by atoms with Crippen molar-refractivity contribution in [3.05, 3.63) is 35.9 Å². The molecule has 4 nitrogen and oxygen atoms in total. The van der Waals surface area contributed by atoms with E-state index in [1.165, 1.54) is 0 Å². The van der Waals surface area contributed by atoms with Crippen LogP contribution in [0.25, 0.3) is 0 Å².